The second kappa shape index (κ2) is 3.87. The van der Waals surface area contributed by atoms with Gasteiger partial charge in [-0.25, -0.2) is 0 Å². The van der Waals surface area contributed by atoms with Crippen LogP contribution >= 0.6 is 0 Å². The van der Waals surface area contributed by atoms with Crippen molar-refractivity contribution in [3.63, 3.8) is 0 Å². The van der Waals surface area contributed by atoms with Gasteiger partial charge in [-0.05, 0) is 25.9 Å². The molecule has 1 saturated heterocycles. The standard InChI is InChI=1S/C8H16N2O2/c1-7(11)10-6-8(12)2-4-9-5-3-8/h9,12H,2-6H2,1H3,(H,10,11). The van der Waals surface area contributed by atoms with Crippen molar-refractivity contribution in [2.75, 3.05) is 19.6 Å². The van der Waals surface area contributed by atoms with Crippen LogP contribution < -0.4 is 10.6 Å². The van der Waals surface area contributed by atoms with Crippen LogP contribution in [0.1, 0.15) is 19.8 Å². The van der Waals surface area contributed by atoms with Crippen LogP contribution in [-0.4, -0.2) is 36.2 Å². The highest BCUT2D eigenvalue weighted by molar-refractivity contribution is 5.72. The fraction of sp³-hybridized carbons (Fsp3) is 0.875. The van der Waals surface area contributed by atoms with Crippen molar-refractivity contribution in [2.45, 2.75) is 25.4 Å². The van der Waals surface area contributed by atoms with Crippen molar-refractivity contribution >= 4 is 5.91 Å². The maximum Gasteiger partial charge on any atom is 0.216 e. The molecular formula is C8H16N2O2. The molecule has 3 N–H and O–H groups in total. The van der Waals surface area contributed by atoms with Crippen LogP contribution in [0.15, 0.2) is 0 Å². The lowest BCUT2D eigenvalue weighted by Gasteiger charge is -2.32. The Balaban J connectivity index is 2.31. The molecule has 4 nitrogen and oxygen atoms in total. The first-order valence-corrected chi connectivity index (χ1v) is 4.30. The molecule has 1 rings (SSSR count). The molecule has 70 valence electrons. The number of carbonyl (C=O) groups is 1. The Labute approximate surface area is 72.3 Å². The topological polar surface area (TPSA) is 61.4 Å². The summed E-state index contributed by atoms with van der Waals surface area (Å²) in [5.74, 6) is -0.0815. The number of amides is 1. The zero-order chi connectivity index (χ0) is 9.03. The molecule has 1 fully saturated rings. The number of piperidine rings is 1. The van der Waals surface area contributed by atoms with Gasteiger partial charge in [-0.15, -0.1) is 0 Å². The molecule has 0 aromatic carbocycles. The SMILES string of the molecule is CC(=O)NCC1(O)CCNCC1. The molecule has 0 radical (unpaired) electrons. The highest BCUT2D eigenvalue weighted by atomic mass is 16.3. The van der Waals surface area contributed by atoms with E-state index in [2.05, 4.69) is 10.6 Å². The van der Waals surface area contributed by atoms with Crippen LogP contribution in [0.2, 0.25) is 0 Å². The predicted molar refractivity (Wildman–Crippen MR) is 45.7 cm³/mol. The van der Waals surface area contributed by atoms with Gasteiger partial charge in [0.25, 0.3) is 0 Å². The minimum Gasteiger partial charge on any atom is -0.388 e. The molecule has 0 unspecified atom stereocenters. The maximum atomic E-state index is 10.6. The Morgan fingerprint density at radius 2 is 2.17 bits per heavy atom. The first-order chi connectivity index (χ1) is 5.62. The zero-order valence-corrected chi connectivity index (χ0v) is 7.39. The molecule has 4 heteroatoms. The minimum absolute atomic E-state index is 0.0815. The summed E-state index contributed by atoms with van der Waals surface area (Å²) in [6, 6.07) is 0. The summed E-state index contributed by atoms with van der Waals surface area (Å²) in [4.78, 5) is 10.6. The number of hydrogen-bond donors (Lipinski definition) is 3. The van der Waals surface area contributed by atoms with Crippen LogP contribution in [0.4, 0.5) is 0 Å². The summed E-state index contributed by atoms with van der Waals surface area (Å²) in [5, 5.41) is 15.7. The van der Waals surface area contributed by atoms with E-state index in [0.29, 0.717) is 19.4 Å². The zero-order valence-electron chi connectivity index (χ0n) is 7.39. The Morgan fingerprint density at radius 3 is 2.67 bits per heavy atom. The van der Waals surface area contributed by atoms with Crippen molar-refractivity contribution in [3.8, 4) is 0 Å². The van der Waals surface area contributed by atoms with E-state index in [4.69, 9.17) is 0 Å². The third-order valence-electron chi connectivity index (χ3n) is 2.20. The third kappa shape index (κ3) is 2.79. The van der Waals surface area contributed by atoms with Crippen molar-refractivity contribution in [1.29, 1.82) is 0 Å². The van der Waals surface area contributed by atoms with Gasteiger partial charge in [0.15, 0.2) is 0 Å². The molecule has 0 atom stereocenters. The highest BCUT2D eigenvalue weighted by Crippen LogP contribution is 2.16. The molecular weight excluding hydrogens is 156 g/mol. The van der Waals surface area contributed by atoms with Crippen molar-refractivity contribution in [2.24, 2.45) is 0 Å². The quantitative estimate of drug-likeness (QED) is 0.513. The smallest absolute Gasteiger partial charge is 0.216 e. The van der Waals surface area contributed by atoms with Gasteiger partial charge in [-0.3, -0.25) is 4.79 Å². The summed E-state index contributed by atoms with van der Waals surface area (Å²) < 4.78 is 0. The van der Waals surface area contributed by atoms with Gasteiger partial charge in [-0.2, -0.15) is 0 Å². The lowest BCUT2D eigenvalue weighted by atomic mass is 9.92. The van der Waals surface area contributed by atoms with Crippen LogP contribution in [0.3, 0.4) is 0 Å². The van der Waals surface area contributed by atoms with Crippen LogP contribution in [-0.2, 0) is 4.79 Å². The normalized spacial score (nSPS) is 21.8. The van der Waals surface area contributed by atoms with Gasteiger partial charge >= 0.3 is 0 Å². The molecule has 0 spiro atoms. The molecule has 0 bridgehead atoms. The first kappa shape index (κ1) is 9.48. The van der Waals surface area contributed by atoms with E-state index in [1.54, 1.807) is 0 Å². The molecule has 1 aliphatic rings. The highest BCUT2D eigenvalue weighted by Gasteiger charge is 2.28. The van der Waals surface area contributed by atoms with Crippen molar-refractivity contribution in [3.05, 3.63) is 0 Å². The van der Waals surface area contributed by atoms with E-state index in [1.807, 2.05) is 0 Å². The van der Waals surface area contributed by atoms with Crippen LogP contribution in [0.5, 0.6) is 0 Å². The second-order valence-corrected chi connectivity index (χ2v) is 3.38. The van der Waals surface area contributed by atoms with Crippen molar-refractivity contribution in [1.82, 2.24) is 10.6 Å². The van der Waals surface area contributed by atoms with E-state index < -0.39 is 5.60 Å². The molecule has 12 heavy (non-hydrogen) atoms. The second-order valence-electron chi connectivity index (χ2n) is 3.38. The predicted octanol–water partition coefficient (Wildman–Crippen LogP) is -0.763. The van der Waals surface area contributed by atoms with E-state index in [-0.39, 0.29) is 5.91 Å². The number of rotatable bonds is 2. The summed E-state index contributed by atoms with van der Waals surface area (Å²) >= 11 is 0. The summed E-state index contributed by atoms with van der Waals surface area (Å²) in [7, 11) is 0. The molecule has 1 heterocycles. The van der Waals surface area contributed by atoms with Gasteiger partial charge in [-0.1, -0.05) is 0 Å². The van der Waals surface area contributed by atoms with Gasteiger partial charge in [0.1, 0.15) is 0 Å². The number of hydrogen-bond acceptors (Lipinski definition) is 3. The van der Waals surface area contributed by atoms with Gasteiger partial charge in [0.05, 0.1) is 5.60 Å². The molecule has 0 saturated carbocycles. The Morgan fingerprint density at radius 1 is 1.58 bits per heavy atom. The lowest BCUT2D eigenvalue weighted by Crippen LogP contribution is -2.49. The van der Waals surface area contributed by atoms with Crippen LogP contribution in [0, 0.1) is 0 Å². The lowest BCUT2D eigenvalue weighted by molar-refractivity contribution is -0.120. The van der Waals surface area contributed by atoms with Gasteiger partial charge in [0.2, 0.25) is 5.91 Å². The average Bonchev–Trinajstić information content (AvgIpc) is 2.03. The average molecular weight is 172 g/mol. The third-order valence-corrected chi connectivity index (χ3v) is 2.20. The first-order valence-electron chi connectivity index (χ1n) is 4.30. The largest absolute Gasteiger partial charge is 0.388 e. The molecule has 0 aliphatic carbocycles. The summed E-state index contributed by atoms with van der Waals surface area (Å²) in [6.07, 6.45) is 1.43. The van der Waals surface area contributed by atoms with E-state index in [0.717, 1.165) is 13.1 Å². The number of carbonyl (C=O) groups excluding carboxylic acids is 1. The molecule has 1 amide bonds. The summed E-state index contributed by atoms with van der Waals surface area (Å²) in [5.41, 5.74) is -0.684. The number of aliphatic hydroxyl groups is 1. The molecule has 0 aromatic heterocycles. The number of nitrogens with one attached hydrogen (secondary N) is 2. The van der Waals surface area contributed by atoms with Crippen LogP contribution in [0.25, 0.3) is 0 Å². The summed E-state index contributed by atoms with van der Waals surface area (Å²) in [6.45, 7) is 3.50. The van der Waals surface area contributed by atoms with E-state index >= 15 is 0 Å². The fourth-order valence-electron chi connectivity index (χ4n) is 1.36. The van der Waals surface area contributed by atoms with E-state index in [9.17, 15) is 9.90 Å². The van der Waals surface area contributed by atoms with Crippen molar-refractivity contribution < 1.29 is 9.90 Å². The van der Waals surface area contributed by atoms with E-state index in [1.165, 1.54) is 6.92 Å². The molecule has 0 aromatic rings. The Bertz CT molecular complexity index is 164. The maximum absolute atomic E-state index is 10.6. The van der Waals surface area contributed by atoms with Gasteiger partial charge in [0, 0.05) is 13.5 Å². The monoisotopic (exact) mass is 172 g/mol. The molecule has 1 aliphatic heterocycles. The minimum atomic E-state index is -0.684. The fourth-order valence-corrected chi connectivity index (χ4v) is 1.36. The van der Waals surface area contributed by atoms with Gasteiger partial charge < -0.3 is 15.7 Å². The Hall–Kier alpha value is -0.610. The Kier molecular flexibility index (Phi) is 3.05.